The summed E-state index contributed by atoms with van der Waals surface area (Å²) in [5.41, 5.74) is 1.15. The number of rotatable bonds is 6. The number of thiophene rings is 1. The van der Waals surface area contributed by atoms with Gasteiger partial charge in [0.05, 0.1) is 9.77 Å². The molecule has 3 rings (SSSR count). The van der Waals surface area contributed by atoms with E-state index in [-0.39, 0.29) is 10.7 Å². The molecule has 0 saturated heterocycles. The van der Waals surface area contributed by atoms with Crippen LogP contribution >= 0.6 is 11.3 Å². The molecule has 0 unspecified atom stereocenters. The van der Waals surface area contributed by atoms with Crippen LogP contribution in [0.1, 0.15) is 29.1 Å². The number of halogens is 1. The highest BCUT2D eigenvalue weighted by Gasteiger charge is 2.23. The Kier molecular flexibility index (Phi) is 5.83. The molecular weight excluding hydrogens is 399 g/mol. The molecule has 0 fully saturated rings. The summed E-state index contributed by atoms with van der Waals surface area (Å²) >= 11 is 1.19. The van der Waals surface area contributed by atoms with Gasteiger partial charge in [-0.2, -0.15) is 4.31 Å². The van der Waals surface area contributed by atoms with E-state index in [0.717, 1.165) is 5.56 Å². The van der Waals surface area contributed by atoms with E-state index >= 15 is 0 Å². The van der Waals surface area contributed by atoms with Gasteiger partial charge in [-0.15, -0.1) is 11.3 Å². The average molecular weight is 421 g/mol. The van der Waals surface area contributed by atoms with E-state index in [0.29, 0.717) is 33.7 Å². The summed E-state index contributed by atoms with van der Waals surface area (Å²) in [4.78, 5) is 13.2. The predicted octanol–water partition coefficient (Wildman–Crippen LogP) is 4.63. The molecule has 148 valence electrons. The quantitative estimate of drug-likeness (QED) is 0.632. The van der Waals surface area contributed by atoms with Gasteiger partial charge in [0.15, 0.2) is 0 Å². The van der Waals surface area contributed by atoms with E-state index < -0.39 is 15.9 Å². The van der Waals surface area contributed by atoms with E-state index in [9.17, 15) is 17.6 Å². The molecule has 28 heavy (non-hydrogen) atoms. The summed E-state index contributed by atoms with van der Waals surface area (Å²) in [6.07, 6.45) is 0. The van der Waals surface area contributed by atoms with Crippen molar-refractivity contribution in [2.45, 2.75) is 25.7 Å². The smallest absolute Gasteiger partial charge is 0.265 e. The molecule has 2 aromatic carbocycles. The van der Waals surface area contributed by atoms with Gasteiger partial charge in [-0.3, -0.25) is 4.79 Å². The number of hydrogen-bond acceptors (Lipinski definition) is 4. The number of nitrogens with zero attached hydrogens (tertiary/aromatic N) is 1. The Morgan fingerprint density at radius 1 is 1.14 bits per heavy atom. The van der Waals surface area contributed by atoms with Crippen LogP contribution in [0.5, 0.6) is 0 Å². The molecule has 1 N–H and O–H groups in total. The fraction of sp³-hybridized carbons (Fsp3) is 0.250. The van der Waals surface area contributed by atoms with Crippen LogP contribution in [0.15, 0.2) is 47.4 Å². The van der Waals surface area contributed by atoms with Crippen LogP contribution < -0.4 is 5.32 Å². The lowest BCUT2D eigenvalue weighted by atomic mass is 10.2. The second-order valence-electron chi connectivity index (χ2n) is 6.28. The summed E-state index contributed by atoms with van der Waals surface area (Å²) in [6.45, 7) is 6.06. The molecule has 0 radical (unpaired) electrons. The average Bonchev–Trinajstić information content (AvgIpc) is 3.10. The third-order valence-electron chi connectivity index (χ3n) is 4.53. The molecule has 1 aromatic heterocycles. The van der Waals surface area contributed by atoms with E-state index in [1.165, 1.54) is 39.9 Å². The Hall–Kier alpha value is -2.29. The first-order chi connectivity index (χ1) is 13.3. The number of nitrogens with one attached hydrogen (secondary N) is 1. The molecule has 3 aromatic rings. The maximum absolute atomic E-state index is 13.9. The van der Waals surface area contributed by atoms with Crippen LogP contribution in [0, 0.1) is 12.7 Å². The Morgan fingerprint density at radius 3 is 2.50 bits per heavy atom. The van der Waals surface area contributed by atoms with Crippen molar-refractivity contribution in [1.82, 2.24) is 4.31 Å². The number of anilines is 1. The van der Waals surface area contributed by atoms with Gasteiger partial charge in [0.2, 0.25) is 10.0 Å². The molecule has 1 amide bonds. The molecule has 0 spiro atoms. The first-order valence-corrected chi connectivity index (χ1v) is 11.1. The number of hydrogen-bond donors (Lipinski definition) is 1. The SMILES string of the molecule is CCN(CC)S(=O)(=O)c1ccc(C)c(NC(=O)c2cc3c(F)cccc3s2)c1. The lowest BCUT2D eigenvalue weighted by molar-refractivity contribution is 0.103. The minimum absolute atomic E-state index is 0.125. The molecule has 0 saturated carbocycles. The van der Waals surface area contributed by atoms with Crippen molar-refractivity contribution in [3.8, 4) is 0 Å². The van der Waals surface area contributed by atoms with Gasteiger partial charge in [-0.1, -0.05) is 26.0 Å². The number of aryl methyl sites for hydroxylation is 1. The number of benzene rings is 2. The third-order valence-corrected chi connectivity index (χ3v) is 7.68. The number of carbonyl (C=O) groups excluding carboxylic acids is 1. The van der Waals surface area contributed by atoms with Gasteiger partial charge < -0.3 is 5.32 Å². The van der Waals surface area contributed by atoms with E-state index in [4.69, 9.17) is 0 Å². The molecule has 0 aliphatic heterocycles. The third kappa shape index (κ3) is 3.80. The lowest BCUT2D eigenvalue weighted by Gasteiger charge is -2.19. The van der Waals surface area contributed by atoms with Crippen molar-refractivity contribution >= 4 is 43.0 Å². The van der Waals surface area contributed by atoms with Crippen LogP contribution in [0.4, 0.5) is 10.1 Å². The molecule has 1 heterocycles. The molecule has 0 aliphatic rings. The minimum Gasteiger partial charge on any atom is -0.321 e. The maximum Gasteiger partial charge on any atom is 0.265 e. The first kappa shape index (κ1) is 20.4. The van der Waals surface area contributed by atoms with Crippen molar-refractivity contribution in [2.75, 3.05) is 18.4 Å². The predicted molar refractivity (Wildman–Crippen MR) is 111 cm³/mol. The maximum atomic E-state index is 13.9. The molecule has 0 atom stereocenters. The van der Waals surface area contributed by atoms with Gasteiger partial charge in [-0.25, -0.2) is 12.8 Å². The Morgan fingerprint density at radius 2 is 1.86 bits per heavy atom. The molecule has 5 nitrogen and oxygen atoms in total. The standard InChI is InChI=1S/C20H21FN2O3S2/c1-4-23(5-2)28(25,26)14-10-9-13(3)17(11-14)22-20(24)19-12-15-16(21)7-6-8-18(15)27-19/h6-12H,4-5H2,1-3H3,(H,22,24). The summed E-state index contributed by atoms with van der Waals surface area (Å²) in [5, 5.41) is 3.16. The van der Waals surface area contributed by atoms with Gasteiger partial charge in [0, 0.05) is 28.9 Å². The van der Waals surface area contributed by atoms with E-state index in [1.807, 2.05) is 0 Å². The zero-order chi connectivity index (χ0) is 20.5. The molecule has 8 heteroatoms. The van der Waals surface area contributed by atoms with Crippen LogP contribution in [-0.4, -0.2) is 31.7 Å². The van der Waals surface area contributed by atoms with Gasteiger partial charge in [-0.05, 0) is 42.8 Å². The second-order valence-corrected chi connectivity index (χ2v) is 9.30. The van der Waals surface area contributed by atoms with Crippen LogP contribution in [-0.2, 0) is 10.0 Å². The number of carbonyl (C=O) groups is 1. The Bertz CT molecular complexity index is 1140. The van der Waals surface area contributed by atoms with Crippen molar-refractivity contribution < 1.29 is 17.6 Å². The van der Waals surface area contributed by atoms with Crippen LogP contribution in [0.25, 0.3) is 10.1 Å². The topological polar surface area (TPSA) is 66.5 Å². The Balaban J connectivity index is 1.93. The Labute approximate surface area is 167 Å². The molecule has 0 bridgehead atoms. The van der Waals surface area contributed by atoms with Crippen LogP contribution in [0.3, 0.4) is 0 Å². The number of amides is 1. The molecular formula is C20H21FN2O3S2. The highest BCUT2D eigenvalue weighted by atomic mass is 32.2. The van der Waals surface area contributed by atoms with Crippen molar-refractivity contribution in [3.63, 3.8) is 0 Å². The van der Waals surface area contributed by atoms with Crippen molar-refractivity contribution in [3.05, 3.63) is 58.7 Å². The second kappa shape index (κ2) is 7.98. The van der Waals surface area contributed by atoms with Gasteiger partial charge in [0.25, 0.3) is 5.91 Å². The van der Waals surface area contributed by atoms with Crippen molar-refractivity contribution in [1.29, 1.82) is 0 Å². The van der Waals surface area contributed by atoms with E-state index in [1.54, 1.807) is 39.0 Å². The summed E-state index contributed by atoms with van der Waals surface area (Å²) in [7, 11) is -3.63. The fourth-order valence-corrected chi connectivity index (χ4v) is 5.39. The highest BCUT2D eigenvalue weighted by Crippen LogP contribution is 2.29. The molecule has 0 aliphatic carbocycles. The van der Waals surface area contributed by atoms with Gasteiger partial charge >= 0.3 is 0 Å². The zero-order valence-electron chi connectivity index (χ0n) is 15.8. The van der Waals surface area contributed by atoms with Crippen LogP contribution in [0.2, 0.25) is 0 Å². The largest absolute Gasteiger partial charge is 0.321 e. The van der Waals surface area contributed by atoms with Crippen molar-refractivity contribution in [2.24, 2.45) is 0 Å². The number of fused-ring (bicyclic) bond motifs is 1. The normalized spacial score (nSPS) is 11.9. The zero-order valence-corrected chi connectivity index (χ0v) is 17.5. The minimum atomic E-state index is -3.63. The van der Waals surface area contributed by atoms with Gasteiger partial charge in [0.1, 0.15) is 5.82 Å². The monoisotopic (exact) mass is 420 g/mol. The van der Waals surface area contributed by atoms with E-state index in [2.05, 4.69) is 5.32 Å². The summed E-state index contributed by atoms with van der Waals surface area (Å²) < 4.78 is 41.4. The lowest BCUT2D eigenvalue weighted by Crippen LogP contribution is -2.30. The highest BCUT2D eigenvalue weighted by molar-refractivity contribution is 7.89. The number of sulfonamides is 1. The first-order valence-electron chi connectivity index (χ1n) is 8.88. The summed E-state index contributed by atoms with van der Waals surface area (Å²) in [6, 6.07) is 10.9. The fourth-order valence-electron chi connectivity index (χ4n) is 2.93. The summed E-state index contributed by atoms with van der Waals surface area (Å²) in [5.74, 6) is -0.780.